The summed E-state index contributed by atoms with van der Waals surface area (Å²) in [5.74, 6) is -0.560. The van der Waals surface area contributed by atoms with Crippen LogP contribution in [0, 0.1) is 0 Å². The maximum atomic E-state index is 12.7. The van der Waals surface area contributed by atoms with Gasteiger partial charge >= 0.3 is 6.03 Å². The number of carbonyl (C=O) groups is 2. The van der Waals surface area contributed by atoms with Gasteiger partial charge in [0.1, 0.15) is 0 Å². The molecule has 0 aliphatic heterocycles. The summed E-state index contributed by atoms with van der Waals surface area (Å²) in [4.78, 5) is 41.1. The van der Waals surface area contributed by atoms with Gasteiger partial charge < -0.3 is 5.32 Å². The van der Waals surface area contributed by atoms with Crippen LogP contribution in [0.25, 0.3) is 10.9 Å². The molecule has 1 heterocycles. The van der Waals surface area contributed by atoms with E-state index in [0.717, 1.165) is 11.8 Å². The first-order valence-corrected chi connectivity index (χ1v) is 9.46. The molecule has 142 valence electrons. The van der Waals surface area contributed by atoms with Crippen molar-refractivity contribution in [2.75, 3.05) is 11.1 Å². The second-order valence-corrected chi connectivity index (χ2v) is 6.72. The summed E-state index contributed by atoms with van der Waals surface area (Å²) in [7, 11) is 0. The van der Waals surface area contributed by atoms with Crippen LogP contribution in [0.3, 0.4) is 0 Å². The lowest BCUT2D eigenvalue weighted by Gasteiger charge is -2.11. The van der Waals surface area contributed by atoms with Gasteiger partial charge in [-0.05, 0) is 24.3 Å². The van der Waals surface area contributed by atoms with E-state index in [9.17, 15) is 14.4 Å². The van der Waals surface area contributed by atoms with Crippen LogP contribution in [0.2, 0.25) is 0 Å². The summed E-state index contributed by atoms with van der Waals surface area (Å²) in [6, 6.07) is 15.2. The number of hydrogen-bond acceptors (Lipinski definition) is 5. The SMILES string of the molecule is C=CCn1c(SCC(=O)NC(=O)Nc2ccccc2)nc2ccccc2c1=O. The van der Waals surface area contributed by atoms with Crippen molar-refractivity contribution in [3.05, 3.63) is 77.6 Å². The lowest BCUT2D eigenvalue weighted by molar-refractivity contribution is -0.117. The van der Waals surface area contributed by atoms with Crippen molar-refractivity contribution >= 4 is 40.3 Å². The number of fused-ring (bicyclic) bond motifs is 1. The molecule has 28 heavy (non-hydrogen) atoms. The number of urea groups is 1. The molecule has 0 atom stereocenters. The smallest absolute Gasteiger partial charge is 0.308 e. The van der Waals surface area contributed by atoms with Gasteiger partial charge in [-0.2, -0.15) is 0 Å². The van der Waals surface area contributed by atoms with E-state index in [4.69, 9.17) is 0 Å². The number of thioether (sulfide) groups is 1. The molecule has 3 amide bonds. The van der Waals surface area contributed by atoms with Crippen LogP contribution in [-0.2, 0) is 11.3 Å². The fraction of sp³-hybridized carbons (Fsp3) is 0.100. The molecule has 2 N–H and O–H groups in total. The van der Waals surface area contributed by atoms with Crippen LogP contribution in [0.15, 0.2) is 77.2 Å². The number of para-hydroxylation sites is 2. The molecule has 3 rings (SSSR count). The second-order valence-electron chi connectivity index (χ2n) is 5.77. The Morgan fingerprint density at radius 3 is 2.57 bits per heavy atom. The molecule has 2 aromatic carbocycles. The van der Waals surface area contributed by atoms with Gasteiger partial charge in [0.25, 0.3) is 5.56 Å². The zero-order valence-corrected chi connectivity index (χ0v) is 15.7. The number of allylic oxidation sites excluding steroid dienone is 1. The van der Waals surface area contributed by atoms with Crippen LogP contribution < -0.4 is 16.2 Å². The minimum Gasteiger partial charge on any atom is -0.308 e. The number of nitrogens with one attached hydrogen (secondary N) is 2. The summed E-state index contributed by atoms with van der Waals surface area (Å²) >= 11 is 1.08. The molecule has 0 fully saturated rings. The number of aromatic nitrogens is 2. The molecule has 1 aromatic heterocycles. The van der Waals surface area contributed by atoms with Crippen LogP contribution in [0.1, 0.15) is 0 Å². The van der Waals surface area contributed by atoms with Crippen molar-refractivity contribution < 1.29 is 9.59 Å². The number of anilines is 1. The van der Waals surface area contributed by atoms with Gasteiger partial charge in [0.05, 0.1) is 16.7 Å². The molecule has 0 saturated heterocycles. The molecule has 7 nitrogen and oxygen atoms in total. The highest BCUT2D eigenvalue weighted by Crippen LogP contribution is 2.17. The zero-order valence-electron chi connectivity index (χ0n) is 14.9. The van der Waals surface area contributed by atoms with E-state index in [0.29, 0.717) is 21.7 Å². The Morgan fingerprint density at radius 1 is 1.11 bits per heavy atom. The maximum Gasteiger partial charge on any atom is 0.325 e. The third-order valence-electron chi connectivity index (χ3n) is 3.76. The van der Waals surface area contributed by atoms with Crippen LogP contribution in [0.5, 0.6) is 0 Å². The zero-order chi connectivity index (χ0) is 19.9. The standard InChI is InChI=1S/C20H18N4O3S/c1-2-12-24-18(26)15-10-6-7-11-16(15)22-20(24)28-13-17(25)23-19(27)21-14-8-4-3-5-9-14/h2-11H,1,12-13H2,(H2,21,23,25,27). The van der Waals surface area contributed by atoms with E-state index in [-0.39, 0.29) is 17.9 Å². The molecule has 8 heteroatoms. The number of amides is 3. The predicted molar refractivity (Wildman–Crippen MR) is 111 cm³/mol. The van der Waals surface area contributed by atoms with Gasteiger partial charge in [-0.25, -0.2) is 9.78 Å². The predicted octanol–water partition coefficient (Wildman–Crippen LogP) is 3.02. The van der Waals surface area contributed by atoms with Crippen LogP contribution in [-0.4, -0.2) is 27.2 Å². The van der Waals surface area contributed by atoms with E-state index >= 15 is 0 Å². The lowest BCUT2D eigenvalue weighted by atomic mass is 10.2. The van der Waals surface area contributed by atoms with E-state index in [2.05, 4.69) is 22.2 Å². The highest BCUT2D eigenvalue weighted by molar-refractivity contribution is 7.99. The molecular formula is C20H18N4O3S. The van der Waals surface area contributed by atoms with Crippen molar-refractivity contribution in [2.24, 2.45) is 0 Å². The topological polar surface area (TPSA) is 93.1 Å². The molecule has 3 aromatic rings. The van der Waals surface area contributed by atoms with Gasteiger partial charge in [0.15, 0.2) is 5.16 Å². The first-order valence-electron chi connectivity index (χ1n) is 8.47. The Hall–Kier alpha value is -3.39. The largest absolute Gasteiger partial charge is 0.325 e. The maximum absolute atomic E-state index is 12.7. The number of rotatable bonds is 6. The number of carbonyl (C=O) groups excluding carboxylic acids is 2. The van der Waals surface area contributed by atoms with Gasteiger partial charge in [0.2, 0.25) is 5.91 Å². The second kappa shape index (κ2) is 9.01. The van der Waals surface area contributed by atoms with Crippen molar-refractivity contribution in [1.29, 1.82) is 0 Å². The third kappa shape index (κ3) is 4.66. The molecule has 0 aliphatic carbocycles. The third-order valence-corrected chi connectivity index (χ3v) is 4.73. The van der Waals surface area contributed by atoms with Crippen molar-refractivity contribution in [1.82, 2.24) is 14.9 Å². The minimum atomic E-state index is -0.619. The summed E-state index contributed by atoms with van der Waals surface area (Å²) in [6.07, 6.45) is 1.59. The molecule has 0 aliphatic rings. The van der Waals surface area contributed by atoms with E-state index in [1.807, 2.05) is 6.07 Å². The molecule has 0 radical (unpaired) electrons. The van der Waals surface area contributed by atoms with Crippen molar-refractivity contribution in [2.45, 2.75) is 11.7 Å². The molecule has 0 unspecified atom stereocenters. The molecule has 0 bridgehead atoms. The van der Waals surface area contributed by atoms with Gasteiger partial charge in [-0.3, -0.25) is 19.5 Å². The van der Waals surface area contributed by atoms with E-state index in [1.165, 1.54) is 4.57 Å². The highest BCUT2D eigenvalue weighted by Gasteiger charge is 2.14. The van der Waals surface area contributed by atoms with Gasteiger partial charge in [-0.15, -0.1) is 6.58 Å². The Morgan fingerprint density at radius 2 is 1.82 bits per heavy atom. The van der Waals surface area contributed by atoms with E-state index < -0.39 is 11.9 Å². The fourth-order valence-corrected chi connectivity index (χ4v) is 3.33. The number of hydrogen-bond donors (Lipinski definition) is 2. The minimum absolute atomic E-state index is 0.0653. The van der Waals surface area contributed by atoms with Crippen LogP contribution >= 0.6 is 11.8 Å². The van der Waals surface area contributed by atoms with Crippen LogP contribution in [0.4, 0.5) is 10.5 Å². The summed E-state index contributed by atoms with van der Waals surface area (Å²) in [6.45, 7) is 3.94. The molecule has 0 saturated carbocycles. The van der Waals surface area contributed by atoms with Crippen molar-refractivity contribution in [3.63, 3.8) is 0 Å². The summed E-state index contributed by atoms with van der Waals surface area (Å²) in [5, 5.41) is 5.72. The van der Waals surface area contributed by atoms with Crippen molar-refractivity contribution in [3.8, 4) is 0 Å². The Balaban J connectivity index is 1.69. The fourth-order valence-electron chi connectivity index (χ4n) is 2.52. The average molecular weight is 394 g/mol. The monoisotopic (exact) mass is 394 g/mol. The Bertz CT molecular complexity index is 1080. The van der Waals surface area contributed by atoms with Gasteiger partial charge in [0, 0.05) is 12.2 Å². The number of imide groups is 1. The molecular weight excluding hydrogens is 376 g/mol. The molecule has 0 spiro atoms. The van der Waals surface area contributed by atoms with E-state index in [1.54, 1.807) is 54.6 Å². The average Bonchev–Trinajstić information content (AvgIpc) is 2.69. The first-order chi connectivity index (χ1) is 13.6. The quantitative estimate of drug-likeness (QED) is 0.381. The Labute approximate surface area is 165 Å². The normalized spacial score (nSPS) is 10.4. The lowest BCUT2D eigenvalue weighted by Crippen LogP contribution is -2.35. The summed E-state index contributed by atoms with van der Waals surface area (Å²) < 4.78 is 1.46. The highest BCUT2D eigenvalue weighted by atomic mass is 32.2. The van der Waals surface area contributed by atoms with Gasteiger partial charge in [-0.1, -0.05) is 48.2 Å². The first kappa shape index (κ1) is 19.4. The number of nitrogens with zero attached hydrogens (tertiary/aromatic N) is 2. The summed E-state index contributed by atoms with van der Waals surface area (Å²) in [5.41, 5.74) is 0.934. The Kier molecular flexibility index (Phi) is 6.23. The number of benzene rings is 2.